The molecule has 12 atom stereocenters. The molecule has 400 valence electrons. The molecule has 2 aliphatic rings. The number of amides is 1. The first-order valence-electron chi connectivity index (χ1n) is 27.6. The van der Waals surface area contributed by atoms with Crippen LogP contribution in [0.2, 0.25) is 0 Å². The zero-order valence-electron chi connectivity index (χ0n) is 42.6. The Morgan fingerprint density at radius 3 is 1.40 bits per heavy atom. The van der Waals surface area contributed by atoms with E-state index in [0.29, 0.717) is 6.42 Å². The molecule has 0 aromatic carbocycles. The van der Waals surface area contributed by atoms with Gasteiger partial charge in [-0.25, -0.2) is 0 Å². The van der Waals surface area contributed by atoms with Gasteiger partial charge in [-0.3, -0.25) is 4.79 Å². The first-order valence-corrected chi connectivity index (χ1v) is 27.6. The molecule has 1 amide bonds. The molecular weight excluding hydrogens is 871 g/mol. The van der Waals surface area contributed by atoms with Crippen LogP contribution in [0.5, 0.6) is 0 Å². The van der Waals surface area contributed by atoms with Gasteiger partial charge in [0.25, 0.3) is 0 Å². The Bertz CT molecular complexity index is 1240. The fourth-order valence-corrected chi connectivity index (χ4v) is 9.11. The number of allylic oxidation sites excluding steroid dienone is 3. The quantitative estimate of drug-likeness (QED) is 0.0208. The normalized spacial score (nSPS) is 26.5. The second-order valence-corrected chi connectivity index (χ2v) is 19.7. The molecular formula is C54H101NO13. The van der Waals surface area contributed by atoms with Gasteiger partial charge in [0.05, 0.1) is 32.0 Å². The predicted octanol–water partition coefficient (Wildman–Crippen LogP) is 8.11. The summed E-state index contributed by atoms with van der Waals surface area (Å²) in [6.07, 6.45) is 29.9. The summed E-state index contributed by atoms with van der Waals surface area (Å²) >= 11 is 0. The van der Waals surface area contributed by atoms with Gasteiger partial charge in [0.15, 0.2) is 12.6 Å². The average molecular weight is 972 g/mol. The van der Waals surface area contributed by atoms with Crippen LogP contribution >= 0.6 is 0 Å². The van der Waals surface area contributed by atoms with E-state index in [1.54, 1.807) is 6.08 Å². The molecule has 0 bridgehead atoms. The Morgan fingerprint density at radius 1 is 0.515 bits per heavy atom. The van der Waals surface area contributed by atoms with Crippen molar-refractivity contribution in [2.75, 3.05) is 19.8 Å². The number of hydrogen-bond donors (Lipinski definition) is 9. The molecule has 14 heteroatoms. The summed E-state index contributed by atoms with van der Waals surface area (Å²) in [5.41, 5.74) is 0. The molecule has 12 unspecified atom stereocenters. The molecule has 0 saturated carbocycles. The van der Waals surface area contributed by atoms with E-state index in [1.165, 1.54) is 141 Å². The third kappa shape index (κ3) is 27.3. The lowest BCUT2D eigenvalue weighted by Gasteiger charge is -2.46. The Kier molecular flexibility index (Phi) is 37.7. The van der Waals surface area contributed by atoms with E-state index in [-0.39, 0.29) is 18.9 Å². The van der Waals surface area contributed by atoms with E-state index in [9.17, 15) is 45.6 Å². The highest BCUT2D eigenvalue weighted by Crippen LogP contribution is 2.30. The van der Waals surface area contributed by atoms with Crippen molar-refractivity contribution >= 4 is 5.91 Å². The maximum Gasteiger partial charge on any atom is 0.220 e. The number of carbonyl (C=O) groups is 1. The summed E-state index contributed by atoms with van der Waals surface area (Å²) in [4.78, 5) is 13.1. The lowest BCUT2D eigenvalue weighted by Crippen LogP contribution is -2.65. The Labute approximate surface area is 411 Å². The molecule has 2 aliphatic heterocycles. The maximum absolute atomic E-state index is 13.1. The van der Waals surface area contributed by atoms with Gasteiger partial charge in [0.2, 0.25) is 5.91 Å². The number of hydrogen-bond acceptors (Lipinski definition) is 13. The van der Waals surface area contributed by atoms with Crippen LogP contribution in [0.15, 0.2) is 24.3 Å². The van der Waals surface area contributed by atoms with Crippen molar-refractivity contribution in [1.29, 1.82) is 0 Å². The Morgan fingerprint density at radius 2 is 0.926 bits per heavy atom. The molecule has 2 fully saturated rings. The van der Waals surface area contributed by atoms with Crippen molar-refractivity contribution in [2.45, 2.75) is 293 Å². The molecule has 14 nitrogen and oxygen atoms in total. The van der Waals surface area contributed by atoms with Crippen molar-refractivity contribution in [2.24, 2.45) is 0 Å². The van der Waals surface area contributed by atoms with Crippen LogP contribution < -0.4 is 5.32 Å². The smallest absolute Gasteiger partial charge is 0.220 e. The molecule has 2 heterocycles. The Balaban J connectivity index is 1.64. The molecule has 0 aromatic heterocycles. The van der Waals surface area contributed by atoms with E-state index >= 15 is 0 Å². The van der Waals surface area contributed by atoms with Crippen molar-refractivity contribution in [3.8, 4) is 0 Å². The lowest BCUT2D eigenvalue weighted by molar-refractivity contribution is -0.359. The number of aliphatic hydroxyl groups excluding tert-OH is 8. The number of rotatable bonds is 43. The molecule has 2 saturated heterocycles. The summed E-state index contributed by atoms with van der Waals surface area (Å²) < 4.78 is 22.6. The fraction of sp³-hybridized carbons (Fsp3) is 0.907. The minimum absolute atomic E-state index is 0.242. The van der Waals surface area contributed by atoms with Gasteiger partial charge in [-0.15, -0.1) is 0 Å². The molecule has 0 radical (unpaired) electrons. The number of nitrogens with one attached hydrogen (secondary N) is 1. The standard InChI is InChI=1S/C54H101NO13/c1-3-5-7-9-11-12-13-14-15-16-17-18-19-20-21-22-23-24-25-26-27-28-29-30-32-34-36-38-46(59)55-42(43(58)37-35-33-31-10-8-6-4-2)41-65-53-51(64)49(62)52(45(40-57)67-53)68-54-50(63)48(61)47(60)44(39-56)66-54/h16-17,35,37,42-45,47-54,56-58,60-64H,3-15,18-34,36,38-41H2,1-2H3,(H,55,59)/b17-16-,37-35+. The van der Waals surface area contributed by atoms with Gasteiger partial charge in [-0.1, -0.05) is 192 Å². The summed E-state index contributed by atoms with van der Waals surface area (Å²) in [5.74, 6) is -0.242. The fourth-order valence-electron chi connectivity index (χ4n) is 9.11. The third-order valence-corrected chi connectivity index (χ3v) is 13.6. The van der Waals surface area contributed by atoms with Gasteiger partial charge in [-0.05, 0) is 44.9 Å². The predicted molar refractivity (Wildman–Crippen MR) is 268 cm³/mol. The molecule has 0 spiro atoms. The highest BCUT2D eigenvalue weighted by atomic mass is 16.7. The van der Waals surface area contributed by atoms with E-state index in [2.05, 4.69) is 31.3 Å². The van der Waals surface area contributed by atoms with Gasteiger partial charge in [0, 0.05) is 6.42 Å². The van der Waals surface area contributed by atoms with E-state index in [0.717, 1.165) is 51.4 Å². The van der Waals surface area contributed by atoms with Crippen LogP contribution in [-0.2, 0) is 23.7 Å². The monoisotopic (exact) mass is 972 g/mol. The third-order valence-electron chi connectivity index (χ3n) is 13.6. The lowest BCUT2D eigenvalue weighted by atomic mass is 9.97. The zero-order valence-corrected chi connectivity index (χ0v) is 42.6. The van der Waals surface area contributed by atoms with Crippen molar-refractivity contribution in [3.05, 3.63) is 24.3 Å². The van der Waals surface area contributed by atoms with Crippen molar-refractivity contribution in [3.63, 3.8) is 0 Å². The van der Waals surface area contributed by atoms with Crippen molar-refractivity contribution < 1.29 is 64.6 Å². The molecule has 9 N–H and O–H groups in total. The minimum Gasteiger partial charge on any atom is -0.394 e. The van der Waals surface area contributed by atoms with E-state index < -0.39 is 86.8 Å². The van der Waals surface area contributed by atoms with Crippen LogP contribution in [0, 0.1) is 0 Å². The number of unbranched alkanes of at least 4 members (excludes halogenated alkanes) is 28. The second-order valence-electron chi connectivity index (χ2n) is 19.7. The van der Waals surface area contributed by atoms with Crippen molar-refractivity contribution in [1.82, 2.24) is 5.32 Å². The second kappa shape index (κ2) is 41.0. The van der Waals surface area contributed by atoms with Gasteiger partial charge < -0.3 is 65.1 Å². The number of ether oxygens (including phenoxy) is 4. The maximum atomic E-state index is 13.1. The molecule has 0 aliphatic carbocycles. The van der Waals surface area contributed by atoms with Gasteiger partial charge >= 0.3 is 0 Å². The minimum atomic E-state index is -1.78. The summed E-state index contributed by atoms with van der Waals surface area (Å²) in [6, 6.07) is -0.908. The largest absolute Gasteiger partial charge is 0.394 e. The van der Waals surface area contributed by atoms with Crippen LogP contribution in [0.1, 0.15) is 219 Å². The van der Waals surface area contributed by atoms with Crippen LogP contribution in [0.25, 0.3) is 0 Å². The summed E-state index contributed by atoms with van der Waals surface area (Å²) in [6.45, 7) is 2.73. The molecule has 2 rings (SSSR count). The topological polar surface area (TPSA) is 228 Å². The molecule has 68 heavy (non-hydrogen) atoms. The van der Waals surface area contributed by atoms with E-state index in [4.69, 9.17) is 18.9 Å². The highest BCUT2D eigenvalue weighted by molar-refractivity contribution is 5.76. The highest BCUT2D eigenvalue weighted by Gasteiger charge is 2.51. The zero-order chi connectivity index (χ0) is 49.6. The average Bonchev–Trinajstić information content (AvgIpc) is 3.34. The van der Waals surface area contributed by atoms with Crippen LogP contribution in [-0.4, -0.2) is 140 Å². The Hall–Kier alpha value is -1.53. The number of aliphatic hydroxyl groups is 8. The van der Waals surface area contributed by atoms with Gasteiger partial charge in [0.1, 0.15) is 48.8 Å². The van der Waals surface area contributed by atoms with Crippen LogP contribution in [0.4, 0.5) is 0 Å². The van der Waals surface area contributed by atoms with E-state index in [1.807, 2.05) is 6.08 Å². The first kappa shape index (κ1) is 62.6. The van der Waals surface area contributed by atoms with Gasteiger partial charge in [-0.2, -0.15) is 0 Å². The summed E-state index contributed by atoms with van der Waals surface area (Å²) in [7, 11) is 0. The summed E-state index contributed by atoms with van der Waals surface area (Å²) in [5, 5.41) is 86.5. The SMILES string of the molecule is CCCCCCC/C=C/C(O)C(COC1OC(CO)C(OC2OC(CO)C(O)C(O)C2O)C(O)C1O)NC(=O)CCCCCCCCCCCCCCCCC/C=C\CCCCCCCCCC. The van der Waals surface area contributed by atoms with Crippen LogP contribution in [0.3, 0.4) is 0 Å². The first-order chi connectivity index (χ1) is 33.1. The number of carbonyl (C=O) groups excluding carboxylic acids is 1. The molecule has 0 aromatic rings.